The number of nitrogens with two attached hydrogens (primary N) is 1. The summed E-state index contributed by atoms with van der Waals surface area (Å²) < 4.78 is 0. The van der Waals surface area contributed by atoms with Gasteiger partial charge in [-0.05, 0) is 43.7 Å². The summed E-state index contributed by atoms with van der Waals surface area (Å²) in [7, 11) is 0. The van der Waals surface area contributed by atoms with E-state index in [-0.39, 0.29) is 12.5 Å². The number of rotatable bonds is 3. The van der Waals surface area contributed by atoms with Crippen LogP contribution in [0.1, 0.15) is 43.0 Å². The fourth-order valence-electron chi connectivity index (χ4n) is 2.65. The van der Waals surface area contributed by atoms with Gasteiger partial charge in [-0.2, -0.15) is 0 Å². The Morgan fingerprint density at radius 1 is 1.42 bits per heavy atom. The minimum absolute atomic E-state index is 0.0157. The largest absolute Gasteiger partial charge is 0.398 e. The SMILES string of the molecule is CC1CCC(CO)(NC(=O)c2ccccc2N)CC1. The number of aliphatic hydroxyl groups excluding tert-OH is 1. The Morgan fingerprint density at radius 3 is 2.63 bits per heavy atom. The van der Waals surface area contributed by atoms with Crippen LogP contribution in [0.3, 0.4) is 0 Å². The fraction of sp³-hybridized carbons (Fsp3) is 0.533. The molecular formula is C15H22N2O2. The average molecular weight is 262 g/mol. The molecule has 0 radical (unpaired) electrons. The van der Waals surface area contributed by atoms with Crippen LogP contribution in [0, 0.1) is 5.92 Å². The summed E-state index contributed by atoms with van der Waals surface area (Å²) in [6.07, 6.45) is 3.71. The lowest BCUT2D eigenvalue weighted by molar-refractivity contribution is 0.0718. The van der Waals surface area contributed by atoms with Gasteiger partial charge in [-0.25, -0.2) is 0 Å². The topological polar surface area (TPSA) is 75.3 Å². The molecule has 1 aliphatic rings. The highest BCUT2D eigenvalue weighted by atomic mass is 16.3. The maximum absolute atomic E-state index is 12.3. The molecule has 0 aromatic heterocycles. The highest BCUT2D eigenvalue weighted by Gasteiger charge is 2.35. The number of benzene rings is 1. The van der Waals surface area contributed by atoms with Crippen molar-refractivity contribution < 1.29 is 9.90 Å². The zero-order valence-electron chi connectivity index (χ0n) is 11.4. The summed E-state index contributed by atoms with van der Waals surface area (Å²) in [5.74, 6) is 0.472. The molecule has 0 bridgehead atoms. The van der Waals surface area contributed by atoms with Crippen LogP contribution in [-0.4, -0.2) is 23.2 Å². The third kappa shape index (κ3) is 3.07. The third-order valence-electron chi connectivity index (χ3n) is 4.12. The van der Waals surface area contributed by atoms with E-state index in [0.717, 1.165) is 25.7 Å². The second kappa shape index (κ2) is 5.61. The Morgan fingerprint density at radius 2 is 2.05 bits per heavy atom. The minimum atomic E-state index is -0.480. The molecule has 1 aromatic carbocycles. The van der Waals surface area contributed by atoms with E-state index in [9.17, 15) is 9.90 Å². The van der Waals surface area contributed by atoms with Gasteiger partial charge in [0.1, 0.15) is 0 Å². The Hall–Kier alpha value is -1.55. The maximum atomic E-state index is 12.3. The van der Waals surface area contributed by atoms with Crippen molar-refractivity contribution in [2.45, 2.75) is 38.1 Å². The Labute approximate surface area is 114 Å². The molecule has 1 fully saturated rings. The number of hydrogen-bond donors (Lipinski definition) is 3. The molecule has 0 heterocycles. The molecule has 1 aromatic rings. The normalized spacial score (nSPS) is 26.9. The molecule has 0 saturated heterocycles. The summed E-state index contributed by atoms with van der Waals surface area (Å²) in [5.41, 5.74) is 6.28. The van der Waals surface area contributed by atoms with E-state index in [1.807, 2.05) is 0 Å². The van der Waals surface area contributed by atoms with E-state index in [4.69, 9.17) is 5.73 Å². The van der Waals surface area contributed by atoms with Crippen molar-refractivity contribution in [1.29, 1.82) is 0 Å². The van der Waals surface area contributed by atoms with Crippen LogP contribution in [0.5, 0.6) is 0 Å². The highest BCUT2D eigenvalue weighted by Crippen LogP contribution is 2.32. The van der Waals surface area contributed by atoms with Gasteiger partial charge in [0.05, 0.1) is 17.7 Å². The van der Waals surface area contributed by atoms with Gasteiger partial charge >= 0.3 is 0 Å². The molecule has 1 amide bonds. The Bertz CT molecular complexity index is 451. The quantitative estimate of drug-likeness (QED) is 0.729. The molecule has 0 unspecified atom stereocenters. The number of para-hydroxylation sites is 1. The van der Waals surface area contributed by atoms with Crippen LogP contribution in [0.4, 0.5) is 5.69 Å². The molecule has 19 heavy (non-hydrogen) atoms. The summed E-state index contributed by atoms with van der Waals surface area (Å²) >= 11 is 0. The Kier molecular flexibility index (Phi) is 4.10. The number of anilines is 1. The van der Waals surface area contributed by atoms with Crippen molar-refractivity contribution in [2.75, 3.05) is 12.3 Å². The van der Waals surface area contributed by atoms with Gasteiger partial charge in [0, 0.05) is 5.69 Å². The monoisotopic (exact) mass is 262 g/mol. The number of carbonyl (C=O) groups is 1. The first-order valence-corrected chi connectivity index (χ1v) is 6.84. The van der Waals surface area contributed by atoms with Gasteiger partial charge in [-0.1, -0.05) is 19.1 Å². The number of nitrogens with one attached hydrogen (secondary N) is 1. The average Bonchev–Trinajstić information content (AvgIpc) is 2.42. The summed E-state index contributed by atoms with van der Waals surface area (Å²) in [5, 5.41) is 12.6. The van der Waals surface area contributed by atoms with E-state index < -0.39 is 5.54 Å². The lowest BCUT2D eigenvalue weighted by Gasteiger charge is -2.38. The number of aliphatic hydroxyl groups is 1. The van der Waals surface area contributed by atoms with E-state index in [1.54, 1.807) is 24.3 Å². The summed E-state index contributed by atoms with van der Waals surface area (Å²) in [4.78, 5) is 12.3. The fourth-order valence-corrected chi connectivity index (χ4v) is 2.65. The van der Waals surface area contributed by atoms with Crippen molar-refractivity contribution in [3.05, 3.63) is 29.8 Å². The van der Waals surface area contributed by atoms with Crippen molar-refractivity contribution in [3.63, 3.8) is 0 Å². The maximum Gasteiger partial charge on any atom is 0.253 e. The van der Waals surface area contributed by atoms with E-state index in [1.165, 1.54) is 0 Å². The molecule has 4 N–H and O–H groups in total. The van der Waals surface area contributed by atoms with Crippen LogP contribution >= 0.6 is 0 Å². The van der Waals surface area contributed by atoms with E-state index >= 15 is 0 Å². The first-order valence-electron chi connectivity index (χ1n) is 6.84. The molecule has 4 nitrogen and oxygen atoms in total. The predicted octanol–water partition coefficient (Wildman–Crippen LogP) is 1.94. The van der Waals surface area contributed by atoms with Crippen LogP contribution < -0.4 is 11.1 Å². The minimum Gasteiger partial charge on any atom is -0.398 e. The lowest BCUT2D eigenvalue weighted by Crippen LogP contribution is -2.53. The first-order chi connectivity index (χ1) is 9.06. The predicted molar refractivity (Wildman–Crippen MR) is 75.8 cm³/mol. The van der Waals surface area contributed by atoms with Gasteiger partial charge in [0.2, 0.25) is 0 Å². The van der Waals surface area contributed by atoms with Crippen LogP contribution in [0.2, 0.25) is 0 Å². The number of amides is 1. The van der Waals surface area contributed by atoms with Crippen molar-refractivity contribution in [1.82, 2.24) is 5.32 Å². The van der Waals surface area contributed by atoms with Crippen molar-refractivity contribution >= 4 is 11.6 Å². The molecule has 2 rings (SSSR count). The van der Waals surface area contributed by atoms with Crippen molar-refractivity contribution in [2.24, 2.45) is 5.92 Å². The molecule has 0 aliphatic heterocycles. The Balaban J connectivity index is 2.11. The van der Waals surface area contributed by atoms with Gasteiger partial charge in [-0.3, -0.25) is 4.79 Å². The van der Waals surface area contributed by atoms with Gasteiger partial charge in [-0.15, -0.1) is 0 Å². The van der Waals surface area contributed by atoms with E-state index in [2.05, 4.69) is 12.2 Å². The molecule has 104 valence electrons. The van der Waals surface area contributed by atoms with E-state index in [0.29, 0.717) is 17.2 Å². The first kappa shape index (κ1) is 13.9. The summed E-state index contributed by atoms with van der Waals surface area (Å²) in [6, 6.07) is 7.01. The zero-order valence-corrected chi connectivity index (χ0v) is 11.4. The van der Waals surface area contributed by atoms with Gasteiger partial charge in [0.15, 0.2) is 0 Å². The summed E-state index contributed by atoms with van der Waals surface area (Å²) in [6.45, 7) is 2.19. The molecule has 1 saturated carbocycles. The number of nitrogen functional groups attached to an aromatic ring is 1. The zero-order chi connectivity index (χ0) is 13.9. The lowest BCUT2D eigenvalue weighted by atomic mass is 9.77. The van der Waals surface area contributed by atoms with Crippen molar-refractivity contribution in [3.8, 4) is 0 Å². The second-order valence-corrected chi connectivity index (χ2v) is 5.66. The molecule has 0 atom stereocenters. The molecule has 0 spiro atoms. The smallest absolute Gasteiger partial charge is 0.253 e. The van der Waals surface area contributed by atoms with Crippen LogP contribution in [0.15, 0.2) is 24.3 Å². The molecular weight excluding hydrogens is 240 g/mol. The molecule has 1 aliphatic carbocycles. The standard InChI is InChI=1S/C15H22N2O2/c1-11-6-8-15(10-18,9-7-11)17-14(19)12-4-2-3-5-13(12)16/h2-5,11,18H,6-10,16H2,1H3,(H,17,19). The van der Waals surface area contributed by atoms with Gasteiger partial charge < -0.3 is 16.2 Å². The van der Waals surface area contributed by atoms with Crippen LogP contribution in [0.25, 0.3) is 0 Å². The second-order valence-electron chi connectivity index (χ2n) is 5.66. The van der Waals surface area contributed by atoms with Crippen LogP contribution in [-0.2, 0) is 0 Å². The third-order valence-corrected chi connectivity index (χ3v) is 4.12. The number of hydrogen-bond acceptors (Lipinski definition) is 3. The molecule has 4 heteroatoms. The highest BCUT2D eigenvalue weighted by molar-refractivity contribution is 5.99. The van der Waals surface area contributed by atoms with Gasteiger partial charge in [0.25, 0.3) is 5.91 Å². The number of carbonyl (C=O) groups excluding carboxylic acids is 1.